The summed E-state index contributed by atoms with van der Waals surface area (Å²) in [6, 6.07) is 8.36. The van der Waals surface area contributed by atoms with Crippen LogP contribution in [0.2, 0.25) is 0 Å². The lowest BCUT2D eigenvalue weighted by Crippen LogP contribution is -2.27. The molecule has 6 nitrogen and oxygen atoms in total. The molecule has 0 spiro atoms. The first-order valence-corrected chi connectivity index (χ1v) is 10.2. The fraction of sp³-hybridized carbons (Fsp3) is 0.588. The summed E-state index contributed by atoms with van der Waals surface area (Å²) < 4.78 is 22.4. The van der Waals surface area contributed by atoms with Crippen molar-refractivity contribution < 1.29 is 13.2 Å². The third-order valence-electron chi connectivity index (χ3n) is 4.76. The Balaban J connectivity index is 1.54. The quantitative estimate of drug-likeness (QED) is 0.826. The summed E-state index contributed by atoms with van der Waals surface area (Å²) in [6.07, 6.45) is 2.84. The monoisotopic (exact) mass is 351 g/mol. The Hall–Kier alpha value is -1.44. The van der Waals surface area contributed by atoms with Gasteiger partial charge in [0.2, 0.25) is 15.9 Å². The molecule has 24 heavy (non-hydrogen) atoms. The molecule has 7 heteroatoms. The lowest BCUT2D eigenvalue weighted by molar-refractivity contribution is -0.128. The molecule has 2 N–H and O–H groups in total. The van der Waals surface area contributed by atoms with E-state index >= 15 is 0 Å². The number of hydrogen-bond acceptors (Lipinski definition) is 4. The fourth-order valence-corrected chi connectivity index (χ4v) is 4.50. The molecule has 0 saturated carbocycles. The van der Waals surface area contributed by atoms with Gasteiger partial charge >= 0.3 is 0 Å². The van der Waals surface area contributed by atoms with E-state index in [1.807, 2.05) is 0 Å². The van der Waals surface area contributed by atoms with Crippen LogP contribution < -0.4 is 5.14 Å². The van der Waals surface area contributed by atoms with Crippen LogP contribution in [0.25, 0.3) is 0 Å². The second-order valence-electron chi connectivity index (χ2n) is 6.97. The summed E-state index contributed by atoms with van der Waals surface area (Å²) in [4.78, 5) is 16.2. The molecule has 3 rings (SSSR count). The van der Waals surface area contributed by atoms with E-state index < -0.39 is 10.0 Å². The number of primary sulfonamides is 1. The number of benzene rings is 1. The molecule has 1 aromatic rings. The summed E-state index contributed by atoms with van der Waals surface area (Å²) in [5.41, 5.74) is 2.37. The number of rotatable bonds is 6. The van der Waals surface area contributed by atoms with Crippen LogP contribution in [-0.2, 0) is 27.9 Å². The van der Waals surface area contributed by atoms with Gasteiger partial charge in [-0.1, -0.05) is 24.3 Å². The largest absolute Gasteiger partial charge is 0.338 e. The molecule has 1 amide bonds. The number of likely N-dealkylation sites (tertiary alicyclic amines) is 2. The Kier molecular flexibility index (Phi) is 5.22. The molecule has 1 aromatic carbocycles. The Morgan fingerprint density at radius 1 is 1.04 bits per heavy atom. The number of nitrogens with zero attached hydrogens (tertiary/aromatic N) is 2. The first kappa shape index (κ1) is 17.4. The van der Waals surface area contributed by atoms with Gasteiger partial charge in [0.25, 0.3) is 0 Å². The van der Waals surface area contributed by atoms with Gasteiger partial charge in [-0.2, -0.15) is 0 Å². The molecule has 0 radical (unpaired) electrons. The van der Waals surface area contributed by atoms with Crippen LogP contribution in [0.4, 0.5) is 0 Å². The van der Waals surface area contributed by atoms with Crippen LogP contribution >= 0.6 is 0 Å². The van der Waals surface area contributed by atoms with Crippen LogP contribution in [-0.4, -0.2) is 49.5 Å². The fourth-order valence-electron chi connectivity index (χ4n) is 3.62. The van der Waals surface area contributed by atoms with Crippen LogP contribution in [0.5, 0.6) is 0 Å². The third kappa shape index (κ3) is 4.78. The second kappa shape index (κ2) is 7.21. The molecule has 1 unspecified atom stereocenters. The molecule has 2 heterocycles. The highest BCUT2D eigenvalue weighted by Crippen LogP contribution is 2.21. The van der Waals surface area contributed by atoms with E-state index in [1.54, 1.807) is 4.90 Å². The summed E-state index contributed by atoms with van der Waals surface area (Å²) in [5.74, 6) is -0.309. The molecule has 2 fully saturated rings. The van der Waals surface area contributed by atoms with Crippen LogP contribution in [0, 0.1) is 5.92 Å². The van der Waals surface area contributed by atoms with Crippen LogP contribution in [0.3, 0.4) is 0 Å². The first-order chi connectivity index (χ1) is 11.4. The smallest absolute Gasteiger partial charge is 0.223 e. The summed E-state index contributed by atoms with van der Waals surface area (Å²) in [7, 11) is -3.53. The Bertz CT molecular complexity index is 682. The number of amides is 1. The van der Waals surface area contributed by atoms with Crippen molar-refractivity contribution in [3.63, 3.8) is 0 Å². The minimum Gasteiger partial charge on any atom is -0.338 e. The first-order valence-electron chi connectivity index (χ1n) is 8.47. The van der Waals surface area contributed by atoms with Crippen molar-refractivity contribution in [1.29, 1.82) is 0 Å². The second-order valence-corrected chi connectivity index (χ2v) is 8.63. The van der Waals surface area contributed by atoms with E-state index in [1.165, 1.54) is 31.5 Å². The van der Waals surface area contributed by atoms with Gasteiger partial charge in [0, 0.05) is 32.0 Å². The zero-order valence-electron chi connectivity index (χ0n) is 13.9. The standard InChI is InChI=1S/C17H25N3O3S/c18-24(22,23)13-16-9-17(21)20(12-16)11-15-5-3-14(4-6-15)10-19-7-1-2-8-19/h3-6,16H,1-2,7-13H2,(H2,18,22,23). The lowest BCUT2D eigenvalue weighted by Gasteiger charge is -2.18. The average molecular weight is 351 g/mol. The van der Waals surface area contributed by atoms with Crippen LogP contribution in [0.15, 0.2) is 24.3 Å². The van der Waals surface area contributed by atoms with Crippen molar-refractivity contribution in [1.82, 2.24) is 9.80 Å². The van der Waals surface area contributed by atoms with E-state index in [0.717, 1.165) is 12.1 Å². The summed E-state index contributed by atoms with van der Waals surface area (Å²) in [6.45, 7) is 4.33. The van der Waals surface area contributed by atoms with Crippen LogP contribution in [0.1, 0.15) is 30.4 Å². The lowest BCUT2D eigenvalue weighted by atomic mass is 10.1. The molecule has 0 aromatic heterocycles. The van der Waals surface area contributed by atoms with Crippen molar-refractivity contribution in [2.45, 2.75) is 32.4 Å². The third-order valence-corrected chi connectivity index (χ3v) is 5.70. The van der Waals surface area contributed by atoms with E-state index in [-0.39, 0.29) is 24.0 Å². The van der Waals surface area contributed by atoms with Gasteiger partial charge < -0.3 is 4.90 Å². The van der Waals surface area contributed by atoms with Gasteiger partial charge in [0.1, 0.15) is 0 Å². The van der Waals surface area contributed by atoms with Gasteiger partial charge in [-0.25, -0.2) is 13.6 Å². The van der Waals surface area contributed by atoms with Gasteiger partial charge in [-0.3, -0.25) is 9.69 Å². The number of sulfonamides is 1. The molecular formula is C17H25N3O3S. The van der Waals surface area contributed by atoms with Gasteiger partial charge in [0.05, 0.1) is 5.75 Å². The molecule has 2 aliphatic rings. The maximum absolute atomic E-state index is 12.1. The number of nitrogens with two attached hydrogens (primary N) is 1. The number of carbonyl (C=O) groups excluding carboxylic acids is 1. The van der Waals surface area contributed by atoms with Gasteiger partial charge in [-0.05, 0) is 37.1 Å². The molecule has 1 atom stereocenters. The maximum atomic E-state index is 12.1. The molecule has 2 saturated heterocycles. The molecule has 2 aliphatic heterocycles. The van der Waals surface area contributed by atoms with Crippen molar-refractivity contribution in [2.24, 2.45) is 11.1 Å². The predicted molar refractivity (Wildman–Crippen MR) is 92.5 cm³/mol. The van der Waals surface area contributed by atoms with Crippen molar-refractivity contribution in [2.75, 3.05) is 25.4 Å². The molecule has 0 bridgehead atoms. The Morgan fingerprint density at radius 2 is 1.62 bits per heavy atom. The molecule has 132 valence electrons. The minimum absolute atomic E-state index is 0.00444. The normalized spacial score (nSPS) is 22.5. The Labute approximate surface area is 143 Å². The van der Waals surface area contributed by atoms with Crippen molar-refractivity contribution >= 4 is 15.9 Å². The zero-order valence-corrected chi connectivity index (χ0v) is 14.7. The summed E-state index contributed by atoms with van der Waals surface area (Å²) >= 11 is 0. The topological polar surface area (TPSA) is 83.7 Å². The van der Waals surface area contributed by atoms with Crippen molar-refractivity contribution in [3.05, 3.63) is 35.4 Å². The highest BCUT2D eigenvalue weighted by atomic mass is 32.2. The highest BCUT2D eigenvalue weighted by molar-refractivity contribution is 7.89. The summed E-state index contributed by atoms with van der Waals surface area (Å²) in [5, 5.41) is 5.08. The zero-order chi connectivity index (χ0) is 17.2. The minimum atomic E-state index is -3.53. The molecule has 0 aliphatic carbocycles. The predicted octanol–water partition coefficient (Wildman–Crippen LogP) is 0.919. The average Bonchev–Trinajstić information content (AvgIpc) is 3.10. The van der Waals surface area contributed by atoms with E-state index in [9.17, 15) is 13.2 Å². The maximum Gasteiger partial charge on any atom is 0.223 e. The Morgan fingerprint density at radius 3 is 2.21 bits per heavy atom. The SMILES string of the molecule is NS(=O)(=O)CC1CC(=O)N(Cc2ccc(CN3CCCC3)cc2)C1. The highest BCUT2D eigenvalue weighted by Gasteiger charge is 2.31. The van der Waals surface area contributed by atoms with E-state index in [4.69, 9.17) is 5.14 Å². The molecular weight excluding hydrogens is 326 g/mol. The van der Waals surface area contributed by atoms with E-state index in [0.29, 0.717) is 13.1 Å². The number of carbonyl (C=O) groups is 1. The number of hydrogen-bond donors (Lipinski definition) is 1. The van der Waals surface area contributed by atoms with Crippen molar-refractivity contribution in [3.8, 4) is 0 Å². The van der Waals surface area contributed by atoms with Gasteiger partial charge in [-0.15, -0.1) is 0 Å². The van der Waals surface area contributed by atoms with E-state index in [2.05, 4.69) is 29.2 Å². The van der Waals surface area contributed by atoms with Gasteiger partial charge in [0.15, 0.2) is 0 Å².